The van der Waals surface area contributed by atoms with Gasteiger partial charge in [0.15, 0.2) is 5.96 Å². The molecule has 1 aromatic rings. The first-order valence-corrected chi connectivity index (χ1v) is 10.4. The lowest BCUT2D eigenvalue weighted by atomic mass is 10.1. The van der Waals surface area contributed by atoms with Crippen LogP contribution in [0.4, 0.5) is 4.39 Å². The maximum Gasteiger partial charge on any atom is 0.224 e. The summed E-state index contributed by atoms with van der Waals surface area (Å²) in [5.74, 6) is 0.356. The summed E-state index contributed by atoms with van der Waals surface area (Å²) in [6.45, 7) is 9.45. The highest BCUT2D eigenvalue weighted by Crippen LogP contribution is 2.10. The van der Waals surface area contributed by atoms with E-state index in [2.05, 4.69) is 32.8 Å². The van der Waals surface area contributed by atoms with Gasteiger partial charge < -0.3 is 20.9 Å². The van der Waals surface area contributed by atoms with Crippen LogP contribution in [0.25, 0.3) is 0 Å². The maximum absolute atomic E-state index is 13.2. The summed E-state index contributed by atoms with van der Waals surface area (Å²) in [7, 11) is 0. The largest absolute Gasteiger partial charge is 0.357 e. The van der Waals surface area contributed by atoms with Gasteiger partial charge in [0.05, 0.1) is 13.0 Å². The number of rotatable bonds is 9. The molecule has 0 spiro atoms. The lowest BCUT2D eigenvalue weighted by molar-refractivity contribution is -0.120. The number of hydrogen-bond donors (Lipinski definition) is 3. The predicted molar refractivity (Wildman–Crippen MR) is 127 cm³/mol. The number of guanidine groups is 1. The molecule has 1 amide bonds. The summed E-state index contributed by atoms with van der Waals surface area (Å²) in [5, 5.41) is 9.62. The highest BCUT2D eigenvalue weighted by Gasteiger charge is 2.19. The van der Waals surface area contributed by atoms with Crippen molar-refractivity contribution in [3.63, 3.8) is 0 Å². The third-order valence-corrected chi connectivity index (χ3v) is 4.77. The SMILES string of the molecule is CCCN1CCC(NC(=NCCNC(=O)Cc2cccc(F)c2)NCC)CC1.I. The third-order valence-electron chi connectivity index (χ3n) is 4.77. The molecule has 29 heavy (non-hydrogen) atoms. The molecule has 1 aliphatic heterocycles. The molecule has 3 N–H and O–H groups in total. The lowest BCUT2D eigenvalue weighted by Gasteiger charge is -2.32. The van der Waals surface area contributed by atoms with E-state index in [1.807, 2.05) is 6.92 Å². The first-order chi connectivity index (χ1) is 13.6. The van der Waals surface area contributed by atoms with Crippen molar-refractivity contribution in [3.8, 4) is 0 Å². The summed E-state index contributed by atoms with van der Waals surface area (Å²) in [4.78, 5) is 19.0. The number of benzene rings is 1. The van der Waals surface area contributed by atoms with E-state index >= 15 is 0 Å². The third kappa shape index (κ3) is 10.3. The van der Waals surface area contributed by atoms with Crippen LogP contribution in [-0.2, 0) is 11.2 Å². The molecule has 0 bridgehead atoms. The molecular weight excluding hydrogens is 484 g/mol. The van der Waals surface area contributed by atoms with Gasteiger partial charge in [-0.05, 0) is 50.4 Å². The standard InChI is InChI=1S/C21H34FN5O.HI/c1-3-12-27-13-8-19(9-14-27)26-21(23-4-2)25-11-10-24-20(28)16-17-6-5-7-18(22)15-17;/h5-7,15,19H,3-4,8-14,16H2,1-2H3,(H,24,28)(H2,23,25,26);1H. The van der Waals surface area contributed by atoms with Gasteiger partial charge in [-0.2, -0.15) is 0 Å². The number of halogens is 2. The van der Waals surface area contributed by atoms with Crippen molar-refractivity contribution in [3.05, 3.63) is 35.6 Å². The van der Waals surface area contributed by atoms with Crippen LogP contribution in [0.2, 0.25) is 0 Å². The topological polar surface area (TPSA) is 68.8 Å². The van der Waals surface area contributed by atoms with Gasteiger partial charge in [-0.1, -0.05) is 19.1 Å². The molecule has 1 aliphatic rings. The Morgan fingerprint density at radius 2 is 2.00 bits per heavy atom. The highest BCUT2D eigenvalue weighted by molar-refractivity contribution is 14.0. The van der Waals surface area contributed by atoms with E-state index in [-0.39, 0.29) is 42.1 Å². The fraction of sp³-hybridized carbons (Fsp3) is 0.619. The van der Waals surface area contributed by atoms with Gasteiger partial charge >= 0.3 is 0 Å². The van der Waals surface area contributed by atoms with E-state index in [9.17, 15) is 9.18 Å². The van der Waals surface area contributed by atoms with Gasteiger partial charge in [0.1, 0.15) is 5.82 Å². The Morgan fingerprint density at radius 1 is 1.24 bits per heavy atom. The molecule has 1 fully saturated rings. The summed E-state index contributed by atoms with van der Waals surface area (Å²) >= 11 is 0. The predicted octanol–water partition coefficient (Wildman–Crippen LogP) is 2.53. The summed E-state index contributed by atoms with van der Waals surface area (Å²) in [6.07, 6.45) is 3.62. The van der Waals surface area contributed by atoms with Crippen molar-refractivity contribution < 1.29 is 9.18 Å². The second kappa shape index (κ2) is 14.5. The Balaban J connectivity index is 0.00000420. The monoisotopic (exact) mass is 519 g/mol. The van der Waals surface area contributed by atoms with Crippen molar-refractivity contribution >= 4 is 35.8 Å². The zero-order valence-electron chi connectivity index (χ0n) is 17.5. The number of nitrogens with one attached hydrogen (secondary N) is 3. The Kier molecular flexibility index (Phi) is 12.8. The molecule has 0 aromatic heterocycles. The maximum atomic E-state index is 13.2. The van der Waals surface area contributed by atoms with Crippen molar-refractivity contribution in [1.82, 2.24) is 20.9 Å². The second-order valence-corrected chi connectivity index (χ2v) is 7.18. The number of nitrogens with zero attached hydrogens (tertiary/aromatic N) is 2. The molecule has 0 radical (unpaired) electrons. The Bertz CT molecular complexity index is 635. The average Bonchev–Trinajstić information content (AvgIpc) is 2.67. The summed E-state index contributed by atoms with van der Waals surface area (Å²) < 4.78 is 13.2. The smallest absolute Gasteiger partial charge is 0.224 e. The quantitative estimate of drug-likeness (QED) is 0.203. The fourth-order valence-corrected chi connectivity index (χ4v) is 3.39. The van der Waals surface area contributed by atoms with Gasteiger partial charge in [-0.25, -0.2) is 4.39 Å². The van der Waals surface area contributed by atoms with Crippen LogP contribution in [0.3, 0.4) is 0 Å². The van der Waals surface area contributed by atoms with E-state index in [0.29, 0.717) is 24.7 Å². The number of carbonyl (C=O) groups excluding carboxylic acids is 1. The molecule has 1 aromatic carbocycles. The molecule has 1 heterocycles. The molecule has 0 unspecified atom stereocenters. The fourth-order valence-electron chi connectivity index (χ4n) is 3.39. The molecule has 0 aliphatic carbocycles. The summed E-state index contributed by atoms with van der Waals surface area (Å²) in [5.41, 5.74) is 0.672. The molecule has 6 nitrogen and oxygen atoms in total. The van der Waals surface area contributed by atoms with Gasteiger partial charge in [-0.15, -0.1) is 24.0 Å². The first kappa shape index (κ1) is 25.6. The van der Waals surface area contributed by atoms with Crippen molar-refractivity contribution in [2.75, 3.05) is 39.3 Å². The summed E-state index contributed by atoms with van der Waals surface area (Å²) in [6, 6.07) is 6.56. The van der Waals surface area contributed by atoms with Crippen LogP contribution in [0.5, 0.6) is 0 Å². The minimum Gasteiger partial charge on any atom is -0.357 e. The van der Waals surface area contributed by atoms with Crippen LogP contribution in [0, 0.1) is 5.82 Å². The molecule has 1 saturated heterocycles. The Morgan fingerprint density at radius 3 is 2.66 bits per heavy atom. The molecule has 8 heteroatoms. The molecule has 0 atom stereocenters. The Hall–Kier alpha value is -1.42. The van der Waals surface area contributed by atoms with E-state index in [1.54, 1.807) is 12.1 Å². The lowest BCUT2D eigenvalue weighted by Crippen LogP contribution is -2.49. The average molecular weight is 519 g/mol. The van der Waals surface area contributed by atoms with Gasteiger partial charge in [0.25, 0.3) is 0 Å². The number of aliphatic imine (C=N–C) groups is 1. The van der Waals surface area contributed by atoms with Crippen LogP contribution in [0.1, 0.15) is 38.7 Å². The normalized spacial score (nSPS) is 15.5. The zero-order valence-corrected chi connectivity index (χ0v) is 19.9. The van der Waals surface area contributed by atoms with Crippen LogP contribution in [-0.4, -0.2) is 62.1 Å². The number of amides is 1. The van der Waals surface area contributed by atoms with Crippen LogP contribution in [0.15, 0.2) is 29.3 Å². The van der Waals surface area contributed by atoms with Crippen LogP contribution >= 0.6 is 24.0 Å². The van der Waals surface area contributed by atoms with E-state index < -0.39 is 0 Å². The van der Waals surface area contributed by atoms with E-state index in [1.165, 1.54) is 25.1 Å². The van der Waals surface area contributed by atoms with Crippen molar-refractivity contribution in [1.29, 1.82) is 0 Å². The second-order valence-electron chi connectivity index (χ2n) is 7.18. The van der Waals surface area contributed by atoms with Crippen molar-refractivity contribution in [2.24, 2.45) is 4.99 Å². The first-order valence-electron chi connectivity index (χ1n) is 10.4. The van der Waals surface area contributed by atoms with E-state index in [4.69, 9.17) is 0 Å². The molecule has 0 saturated carbocycles. The number of carbonyl (C=O) groups is 1. The zero-order chi connectivity index (χ0) is 20.2. The van der Waals surface area contributed by atoms with Gasteiger partial charge in [0.2, 0.25) is 5.91 Å². The van der Waals surface area contributed by atoms with Crippen molar-refractivity contribution in [2.45, 2.75) is 45.6 Å². The number of hydrogen-bond acceptors (Lipinski definition) is 3. The van der Waals surface area contributed by atoms with Gasteiger partial charge in [-0.3, -0.25) is 9.79 Å². The van der Waals surface area contributed by atoms with Crippen LogP contribution < -0.4 is 16.0 Å². The minimum atomic E-state index is -0.322. The van der Waals surface area contributed by atoms with Gasteiger partial charge in [0, 0.05) is 32.2 Å². The number of piperidine rings is 1. The minimum absolute atomic E-state index is 0. The number of likely N-dealkylation sites (tertiary alicyclic amines) is 1. The van der Waals surface area contributed by atoms with E-state index in [0.717, 1.165) is 38.4 Å². The Labute approximate surface area is 191 Å². The molecular formula is C21H35FIN5O. The molecule has 2 rings (SSSR count). The molecule has 164 valence electrons. The highest BCUT2D eigenvalue weighted by atomic mass is 127.